The Bertz CT molecular complexity index is 1490. The molecule has 2 aromatic heterocycles. The molecule has 36 heavy (non-hydrogen) atoms. The number of aromatic nitrogens is 3. The molecule has 1 aliphatic heterocycles. The fourth-order valence-corrected chi connectivity index (χ4v) is 5.51. The number of nitriles is 1. The van der Waals surface area contributed by atoms with E-state index < -0.39 is 0 Å². The van der Waals surface area contributed by atoms with Crippen LogP contribution in [-0.2, 0) is 6.54 Å². The van der Waals surface area contributed by atoms with E-state index in [1.165, 1.54) is 0 Å². The number of imidazole rings is 1. The number of rotatable bonds is 4. The topological polar surface area (TPSA) is 78.9 Å². The van der Waals surface area contributed by atoms with Crippen molar-refractivity contribution in [3.63, 3.8) is 0 Å². The molecule has 0 unspecified atom stereocenters. The number of hydrogen-bond donors (Lipinski definition) is 1. The molecule has 0 saturated heterocycles. The quantitative estimate of drug-likeness (QED) is 0.416. The van der Waals surface area contributed by atoms with Gasteiger partial charge in [0, 0.05) is 48.3 Å². The number of nitrogens with zero attached hydrogens (tertiary/aromatic N) is 5. The molecule has 1 N–H and O–H groups in total. The smallest absolute Gasteiger partial charge is 0.251 e. The zero-order chi connectivity index (χ0) is 24.8. The summed E-state index contributed by atoms with van der Waals surface area (Å²) in [5.74, 6) is 0.856. The fourth-order valence-electron chi connectivity index (χ4n) is 5.51. The van der Waals surface area contributed by atoms with Gasteiger partial charge in [-0.15, -0.1) is 0 Å². The molecule has 1 amide bonds. The van der Waals surface area contributed by atoms with Crippen LogP contribution in [0, 0.1) is 11.3 Å². The Morgan fingerprint density at radius 1 is 1.11 bits per heavy atom. The maximum absolute atomic E-state index is 13.2. The molecule has 180 valence electrons. The normalized spacial score (nSPS) is 18.2. The first kappa shape index (κ1) is 22.3. The second kappa shape index (κ2) is 8.81. The van der Waals surface area contributed by atoms with E-state index >= 15 is 0 Å². The minimum atomic E-state index is -0.0108. The Hall–Kier alpha value is -4.15. The molecule has 0 spiro atoms. The molecule has 3 heterocycles. The van der Waals surface area contributed by atoms with E-state index in [4.69, 9.17) is 5.26 Å². The van der Waals surface area contributed by atoms with Gasteiger partial charge in [0.2, 0.25) is 0 Å². The Labute approximate surface area is 210 Å². The van der Waals surface area contributed by atoms with Crippen molar-refractivity contribution in [3.05, 3.63) is 83.8 Å². The summed E-state index contributed by atoms with van der Waals surface area (Å²) < 4.78 is 4.29. The van der Waals surface area contributed by atoms with Gasteiger partial charge < -0.3 is 14.8 Å². The molecular weight excluding hydrogens is 448 g/mol. The number of carbonyl (C=O) groups is 1. The van der Waals surface area contributed by atoms with Gasteiger partial charge in [0.15, 0.2) is 5.82 Å². The summed E-state index contributed by atoms with van der Waals surface area (Å²) in [7, 11) is 4.21. The highest BCUT2D eigenvalue weighted by atomic mass is 16.1. The van der Waals surface area contributed by atoms with Crippen LogP contribution in [0.5, 0.6) is 0 Å². The van der Waals surface area contributed by atoms with E-state index in [2.05, 4.69) is 56.8 Å². The molecule has 2 aliphatic rings. The lowest BCUT2D eigenvalue weighted by Crippen LogP contribution is -2.35. The van der Waals surface area contributed by atoms with Crippen molar-refractivity contribution in [3.8, 4) is 34.4 Å². The van der Waals surface area contributed by atoms with Gasteiger partial charge in [0.25, 0.3) is 5.91 Å². The average Bonchev–Trinajstić information content (AvgIpc) is 3.63. The molecule has 2 atom stereocenters. The second-order valence-corrected chi connectivity index (χ2v) is 10.00. The van der Waals surface area contributed by atoms with Gasteiger partial charge in [0.1, 0.15) is 0 Å². The highest BCUT2D eigenvalue weighted by Gasteiger charge is 2.28. The van der Waals surface area contributed by atoms with Gasteiger partial charge in [-0.25, -0.2) is 4.98 Å². The summed E-state index contributed by atoms with van der Waals surface area (Å²) >= 11 is 0. The highest BCUT2D eigenvalue weighted by Crippen LogP contribution is 2.34. The number of amides is 1. The number of fused-ring (bicyclic) bond motifs is 5. The Kier molecular flexibility index (Phi) is 5.46. The zero-order valence-corrected chi connectivity index (χ0v) is 20.5. The molecule has 1 aliphatic carbocycles. The van der Waals surface area contributed by atoms with Crippen molar-refractivity contribution in [2.45, 2.75) is 37.9 Å². The molecular formula is C29H28N6O. The van der Waals surface area contributed by atoms with Crippen LogP contribution < -0.4 is 5.32 Å². The van der Waals surface area contributed by atoms with Crippen LogP contribution in [0.2, 0.25) is 0 Å². The standard InChI is InChI=1S/C29H28N6O/c1-33(2)25-9-8-24(15-25)32-29(36)21-7-10-26-23(13-21)18-34-17-22(20-5-3-19(16-30)4-6-20)14-27(34)28-31-11-12-35(26)28/h3-7,10-14,17,24-25H,8-9,15,18H2,1-2H3,(H,32,36)/t24-,25-/m0/s1. The van der Waals surface area contributed by atoms with Gasteiger partial charge in [0.05, 0.1) is 23.0 Å². The molecule has 2 aromatic carbocycles. The lowest BCUT2D eigenvalue weighted by atomic mass is 10.1. The first-order valence-electron chi connectivity index (χ1n) is 12.3. The van der Waals surface area contributed by atoms with Crippen molar-refractivity contribution in [1.29, 1.82) is 5.26 Å². The predicted octanol–water partition coefficient (Wildman–Crippen LogP) is 4.45. The molecule has 7 heteroatoms. The summed E-state index contributed by atoms with van der Waals surface area (Å²) in [6.45, 7) is 0.636. The van der Waals surface area contributed by atoms with Crippen LogP contribution in [0.4, 0.5) is 0 Å². The molecule has 6 rings (SSSR count). The van der Waals surface area contributed by atoms with Gasteiger partial charge in [-0.1, -0.05) is 12.1 Å². The Morgan fingerprint density at radius 2 is 1.94 bits per heavy atom. The SMILES string of the molecule is CN(C)[C@H]1CC[C@H](NC(=O)c2ccc3c(c2)Cn2cc(-c4ccc(C#N)cc4)cc2-c2nccn2-3)C1. The number of nitrogens with one attached hydrogen (secondary N) is 1. The van der Waals surface area contributed by atoms with Gasteiger partial charge >= 0.3 is 0 Å². The van der Waals surface area contributed by atoms with Crippen LogP contribution in [0.25, 0.3) is 28.3 Å². The number of hydrogen-bond acceptors (Lipinski definition) is 4. The molecule has 0 radical (unpaired) electrons. The molecule has 1 saturated carbocycles. The summed E-state index contributed by atoms with van der Waals surface area (Å²) in [6.07, 6.45) is 9.03. The molecule has 7 nitrogen and oxygen atoms in total. The third kappa shape index (κ3) is 3.90. The van der Waals surface area contributed by atoms with Gasteiger partial charge in [-0.05, 0) is 80.9 Å². The van der Waals surface area contributed by atoms with Crippen LogP contribution in [0.1, 0.15) is 40.7 Å². The monoisotopic (exact) mass is 476 g/mol. The van der Waals surface area contributed by atoms with E-state index in [0.717, 1.165) is 53.2 Å². The largest absolute Gasteiger partial charge is 0.349 e. The van der Waals surface area contributed by atoms with E-state index in [1.807, 2.05) is 54.9 Å². The predicted molar refractivity (Wildman–Crippen MR) is 139 cm³/mol. The van der Waals surface area contributed by atoms with Crippen LogP contribution in [-0.4, -0.2) is 51.1 Å². The third-order valence-corrected chi connectivity index (χ3v) is 7.53. The Balaban J connectivity index is 1.31. The van der Waals surface area contributed by atoms with E-state index in [1.54, 1.807) is 0 Å². The van der Waals surface area contributed by atoms with E-state index in [-0.39, 0.29) is 11.9 Å². The third-order valence-electron chi connectivity index (χ3n) is 7.53. The second-order valence-electron chi connectivity index (χ2n) is 10.00. The average molecular weight is 477 g/mol. The van der Waals surface area contributed by atoms with Crippen molar-refractivity contribution >= 4 is 5.91 Å². The first-order valence-corrected chi connectivity index (χ1v) is 12.3. The Morgan fingerprint density at radius 3 is 2.69 bits per heavy atom. The maximum Gasteiger partial charge on any atom is 0.251 e. The molecule has 0 bridgehead atoms. The fraction of sp³-hybridized carbons (Fsp3) is 0.276. The minimum Gasteiger partial charge on any atom is -0.349 e. The van der Waals surface area contributed by atoms with Crippen molar-refractivity contribution in [2.75, 3.05) is 14.1 Å². The van der Waals surface area contributed by atoms with Gasteiger partial charge in [-0.3, -0.25) is 9.36 Å². The van der Waals surface area contributed by atoms with Crippen molar-refractivity contribution in [2.24, 2.45) is 0 Å². The lowest BCUT2D eigenvalue weighted by Gasteiger charge is -2.19. The highest BCUT2D eigenvalue weighted by molar-refractivity contribution is 5.95. The maximum atomic E-state index is 13.2. The first-order chi connectivity index (χ1) is 17.5. The summed E-state index contributed by atoms with van der Waals surface area (Å²) in [4.78, 5) is 20.1. The summed E-state index contributed by atoms with van der Waals surface area (Å²) in [5, 5.41) is 12.4. The van der Waals surface area contributed by atoms with Gasteiger partial charge in [-0.2, -0.15) is 5.26 Å². The van der Waals surface area contributed by atoms with E-state index in [9.17, 15) is 4.79 Å². The van der Waals surface area contributed by atoms with Crippen LogP contribution >= 0.6 is 0 Å². The van der Waals surface area contributed by atoms with Crippen molar-refractivity contribution in [1.82, 2.24) is 24.3 Å². The molecule has 1 fully saturated rings. The van der Waals surface area contributed by atoms with E-state index in [0.29, 0.717) is 23.7 Å². The van der Waals surface area contributed by atoms with Crippen LogP contribution in [0.3, 0.4) is 0 Å². The summed E-state index contributed by atoms with van der Waals surface area (Å²) in [6, 6.07) is 18.6. The van der Waals surface area contributed by atoms with Crippen LogP contribution in [0.15, 0.2) is 67.1 Å². The molecule has 4 aromatic rings. The summed E-state index contributed by atoms with van der Waals surface area (Å²) in [5.41, 5.74) is 6.57. The minimum absolute atomic E-state index is 0.0108. The number of carbonyl (C=O) groups excluding carboxylic acids is 1. The lowest BCUT2D eigenvalue weighted by molar-refractivity contribution is 0.0936. The number of benzene rings is 2. The zero-order valence-electron chi connectivity index (χ0n) is 20.5. The van der Waals surface area contributed by atoms with Crippen molar-refractivity contribution < 1.29 is 4.79 Å².